The van der Waals surface area contributed by atoms with Crippen LogP contribution in [-0.2, 0) is 17.6 Å². The molecule has 1 unspecified atom stereocenters. The predicted molar refractivity (Wildman–Crippen MR) is 88.5 cm³/mol. The molecule has 1 N–H and O–H groups in total. The third kappa shape index (κ3) is 3.22. The first-order chi connectivity index (χ1) is 10.0. The average molecular weight is 301 g/mol. The summed E-state index contributed by atoms with van der Waals surface area (Å²) < 4.78 is 1.68. The third-order valence-electron chi connectivity index (χ3n) is 4.33. The molecule has 1 atom stereocenters. The Morgan fingerprint density at radius 2 is 1.50 bits per heavy atom. The van der Waals surface area contributed by atoms with Gasteiger partial charge in [-0.2, -0.15) is 5.10 Å². The van der Waals surface area contributed by atoms with Crippen molar-refractivity contribution in [3.8, 4) is 0 Å². The molecule has 120 valence electrons. The van der Waals surface area contributed by atoms with Crippen LogP contribution in [0.4, 0.5) is 0 Å². The second kappa shape index (κ2) is 5.51. The average Bonchev–Trinajstić information content (AvgIpc) is 2.89. The van der Waals surface area contributed by atoms with Gasteiger partial charge in [0, 0.05) is 0 Å². The Kier molecular flexibility index (Phi) is 4.18. The van der Waals surface area contributed by atoms with E-state index >= 15 is 0 Å². The van der Waals surface area contributed by atoms with Gasteiger partial charge in [-0.25, -0.2) is 9.67 Å². The van der Waals surface area contributed by atoms with Gasteiger partial charge in [0.2, 0.25) is 0 Å². The fourth-order valence-corrected chi connectivity index (χ4v) is 2.56. The maximum absolute atomic E-state index is 11.4. The molecule has 0 radical (unpaired) electrons. The van der Waals surface area contributed by atoms with Gasteiger partial charge in [-0.3, -0.25) is 0 Å². The summed E-state index contributed by atoms with van der Waals surface area (Å²) in [6.45, 7) is 13.1. The highest BCUT2D eigenvalue weighted by atomic mass is 16.3. The molecule has 0 aliphatic rings. The predicted octanol–water partition coefficient (Wildman–Crippen LogP) is 3.51. The summed E-state index contributed by atoms with van der Waals surface area (Å²) in [5.74, 6) is 0. The molecule has 1 aromatic heterocycles. The molecule has 2 aromatic rings. The summed E-state index contributed by atoms with van der Waals surface area (Å²) in [5, 5.41) is 15.5. The van der Waals surface area contributed by atoms with Crippen LogP contribution in [0.3, 0.4) is 0 Å². The van der Waals surface area contributed by atoms with Gasteiger partial charge in [-0.05, 0) is 22.0 Å². The van der Waals surface area contributed by atoms with E-state index in [9.17, 15) is 5.11 Å². The zero-order valence-corrected chi connectivity index (χ0v) is 14.5. The standard InChI is InChI=1S/C18H27N3O/c1-16(2,3)14-7-9-15(10-8-14)18(22,17(4,5)6)11-21-13-19-12-20-21/h7-10,12-13,22H,11H2,1-6H3. The van der Waals surface area contributed by atoms with Crippen LogP contribution in [0.5, 0.6) is 0 Å². The number of hydrogen-bond acceptors (Lipinski definition) is 3. The van der Waals surface area contributed by atoms with E-state index in [4.69, 9.17) is 0 Å². The van der Waals surface area contributed by atoms with E-state index < -0.39 is 5.60 Å². The molecule has 1 aromatic carbocycles. The van der Waals surface area contributed by atoms with Crippen molar-refractivity contribution in [1.29, 1.82) is 0 Å². The van der Waals surface area contributed by atoms with Gasteiger partial charge in [0.05, 0.1) is 6.54 Å². The van der Waals surface area contributed by atoms with E-state index in [1.807, 2.05) is 32.9 Å². The van der Waals surface area contributed by atoms with Gasteiger partial charge in [0.1, 0.15) is 18.3 Å². The fourth-order valence-electron chi connectivity index (χ4n) is 2.56. The fraction of sp³-hybridized carbons (Fsp3) is 0.556. The second-order valence-electron chi connectivity index (χ2n) is 8.03. The van der Waals surface area contributed by atoms with E-state index in [0.717, 1.165) is 5.56 Å². The summed E-state index contributed by atoms with van der Waals surface area (Å²) in [5.41, 5.74) is 0.917. The molecule has 0 saturated heterocycles. The van der Waals surface area contributed by atoms with E-state index in [2.05, 4.69) is 43.0 Å². The SMILES string of the molecule is CC(C)(C)c1ccc(C(O)(Cn2cncn2)C(C)(C)C)cc1. The van der Waals surface area contributed by atoms with Gasteiger partial charge in [0.15, 0.2) is 0 Å². The molecule has 0 bridgehead atoms. The largest absolute Gasteiger partial charge is 0.383 e. The molecule has 0 aliphatic heterocycles. The molecule has 0 saturated carbocycles. The van der Waals surface area contributed by atoms with Gasteiger partial charge < -0.3 is 5.11 Å². The Morgan fingerprint density at radius 1 is 0.955 bits per heavy atom. The lowest BCUT2D eigenvalue weighted by Gasteiger charge is -2.40. The van der Waals surface area contributed by atoms with Gasteiger partial charge in [0.25, 0.3) is 0 Å². The van der Waals surface area contributed by atoms with Crippen molar-refractivity contribution in [2.75, 3.05) is 0 Å². The van der Waals surface area contributed by atoms with Crippen LogP contribution in [-0.4, -0.2) is 19.9 Å². The highest BCUT2D eigenvalue weighted by molar-refractivity contribution is 5.32. The molecule has 0 aliphatic carbocycles. The number of nitrogens with zero attached hydrogens (tertiary/aromatic N) is 3. The molecular formula is C18H27N3O. The first-order valence-corrected chi connectivity index (χ1v) is 7.70. The monoisotopic (exact) mass is 301 g/mol. The quantitative estimate of drug-likeness (QED) is 0.944. The number of benzene rings is 1. The summed E-state index contributed by atoms with van der Waals surface area (Å²) in [4.78, 5) is 3.97. The van der Waals surface area contributed by atoms with Crippen LogP contribution in [0.25, 0.3) is 0 Å². The minimum atomic E-state index is -1.02. The first-order valence-electron chi connectivity index (χ1n) is 7.70. The molecule has 4 nitrogen and oxygen atoms in total. The van der Waals surface area contributed by atoms with Crippen molar-refractivity contribution in [3.05, 3.63) is 48.0 Å². The smallest absolute Gasteiger partial charge is 0.137 e. The minimum absolute atomic E-state index is 0.101. The Bertz CT molecular complexity index is 603. The van der Waals surface area contributed by atoms with Crippen LogP contribution < -0.4 is 0 Å². The molecule has 0 fully saturated rings. The lowest BCUT2D eigenvalue weighted by atomic mass is 9.71. The topological polar surface area (TPSA) is 50.9 Å². The Morgan fingerprint density at radius 3 is 1.91 bits per heavy atom. The highest BCUT2D eigenvalue weighted by Gasteiger charge is 2.42. The number of hydrogen-bond donors (Lipinski definition) is 1. The second-order valence-corrected chi connectivity index (χ2v) is 8.03. The number of aliphatic hydroxyl groups is 1. The van der Waals surface area contributed by atoms with E-state index in [-0.39, 0.29) is 10.8 Å². The molecular weight excluding hydrogens is 274 g/mol. The van der Waals surface area contributed by atoms with Crippen LogP contribution in [0.15, 0.2) is 36.9 Å². The van der Waals surface area contributed by atoms with Crippen molar-refractivity contribution < 1.29 is 5.11 Å². The number of rotatable bonds is 3. The minimum Gasteiger partial charge on any atom is -0.383 e. The molecule has 22 heavy (non-hydrogen) atoms. The normalized spacial score (nSPS) is 15.6. The van der Waals surface area contributed by atoms with Crippen molar-refractivity contribution in [3.63, 3.8) is 0 Å². The van der Waals surface area contributed by atoms with Gasteiger partial charge >= 0.3 is 0 Å². The van der Waals surface area contributed by atoms with Crippen LogP contribution in [0, 0.1) is 5.41 Å². The van der Waals surface area contributed by atoms with E-state index in [1.54, 1.807) is 11.0 Å². The van der Waals surface area contributed by atoms with Crippen molar-refractivity contribution in [1.82, 2.24) is 14.8 Å². The molecule has 1 heterocycles. The maximum Gasteiger partial charge on any atom is 0.137 e. The maximum atomic E-state index is 11.4. The van der Waals surface area contributed by atoms with Crippen LogP contribution >= 0.6 is 0 Å². The zero-order chi connectivity index (χ0) is 16.6. The number of aromatic nitrogens is 3. The Balaban J connectivity index is 2.42. The molecule has 0 amide bonds. The van der Waals surface area contributed by atoms with Crippen molar-refractivity contribution >= 4 is 0 Å². The van der Waals surface area contributed by atoms with Gasteiger partial charge in [-0.1, -0.05) is 65.8 Å². The van der Waals surface area contributed by atoms with Gasteiger partial charge in [-0.15, -0.1) is 0 Å². The lowest BCUT2D eigenvalue weighted by molar-refractivity contribution is -0.0804. The molecule has 0 spiro atoms. The summed E-state index contributed by atoms with van der Waals surface area (Å²) >= 11 is 0. The Labute approximate surface area is 133 Å². The van der Waals surface area contributed by atoms with Crippen molar-refractivity contribution in [2.24, 2.45) is 5.41 Å². The van der Waals surface area contributed by atoms with Crippen LogP contribution in [0.2, 0.25) is 0 Å². The van der Waals surface area contributed by atoms with Crippen molar-refractivity contribution in [2.45, 2.75) is 59.1 Å². The zero-order valence-electron chi connectivity index (χ0n) is 14.5. The van der Waals surface area contributed by atoms with Crippen LogP contribution in [0.1, 0.15) is 52.7 Å². The molecule has 4 heteroatoms. The summed E-state index contributed by atoms with van der Waals surface area (Å²) in [6.07, 6.45) is 3.13. The molecule has 2 rings (SSSR count). The first kappa shape index (κ1) is 16.7. The summed E-state index contributed by atoms with van der Waals surface area (Å²) in [7, 11) is 0. The van der Waals surface area contributed by atoms with E-state index in [0.29, 0.717) is 6.54 Å². The lowest BCUT2D eigenvalue weighted by Crippen LogP contribution is -2.44. The highest BCUT2D eigenvalue weighted by Crippen LogP contribution is 2.41. The third-order valence-corrected chi connectivity index (χ3v) is 4.33. The van der Waals surface area contributed by atoms with E-state index in [1.165, 1.54) is 11.9 Å². The Hall–Kier alpha value is -1.68. The summed E-state index contributed by atoms with van der Waals surface area (Å²) in [6, 6.07) is 8.27.